The molecule has 218 valence electrons. The number of carbonyl (C=O) groups excluding carboxylic acids is 3. The summed E-state index contributed by atoms with van der Waals surface area (Å²) in [6.45, 7) is 9.49. The smallest absolute Gasteiger partial charge is 0.410 e. The third-order valence-electron chi connectivity index (χ3n) is 6.78. The summed E-state index contributed by atoms with van der Waals surface area (Å²) in [5.41, 5.74) is 2.83. The van der Waals surface area contributed by atoms with Gasteiger partial charge in [-0.05, 0) is 81.9 Å². The number of hydrogen-bond acceptors (Lipinski definition) is 7. The van der Waals surface area contributed by atoms with Gasteiger partial charge in [-0.25, -0.2) is 4.79 Å². The monoisotopic (exact) mass is 625 g/mol. The van der Waals surface area contributed by atoms with Gasteiger partial charge in [0.2, 0.25) is 11.8 Å². The maximum Gasteiger partial charge on any atom is 0.410 e. The Morgan fingerprint density at radius 3 is 2.56 bits per heavy atom. The molecule has 2 heterocycles. The van der Waals surface area contributed by atoms with Gasteiger partial charge in [0.25, 0.3) is 0 Å². The third-order valence-corrected chi connectivity index (χ3v) is 7.24. The third kappa shape index (κ3) is 7.90. The zero-order valence-electron chi connectivity index (χ0n) is 23.9. The van der Waals surface area contributed by atoms with Crippen molar-refractivity contribution < 1.29 is 19.1 Å². The molecule has 1 saturated heterocycles. The highest BCUT2D eigenvalue weighted by Gasteiger charge is 2.42. The van der Waals surface area contributed by atoms with Crippen molar-refractivity contribution in [2.45, 2.75) is 71.7 Å². The van der Waals surface area contributed by atoms with Crippen molar-refractivity contribution in [2.75, 3.05) is 6.54 Å². The summed E-state index contributed by atoms with van der Waals surface area (Å²) in [6, 6.07) is 12.2. The number of benzene rings is 2. The van der Waals surface area contributed by atoms with Crippen LogP contribution < -0.4 is 10.6 Å². The van der Waals surface area contributed by atoms with E-state index >= 15 is 0 Å². The number of aryl methyl sites for hydroxylation is 1. The number of carbonyl (C=O) groups is 3. The van der Waals surface area contributed by atoms with Gasteiger partial charge >= 0.3 is 6.09 Å². The molecule has 1 aliphatic rings. The fourth-order valence-electron chi connectivity index (χ4n) is 5.00. The molecule has 2 aromatic carbocycles. The maximum absolute atomic E-state index is 13.4. The van der Waals surface area contributed by atoms with E-state index in [1.807, 2.05) is 49.4 Å². The van der Waals surface area contributed by atoms with Crippen molar-refractivity contribution in [3.63, 3.8) is 0 Å². The Kier molecular flexibility index (Phi) is 9.42. The number of ether oxygens (including phenoxy) is 1. The Morgan fingerprint density at radius 2 is 1.90 bits per heavy atom. The summed E-state index contributed by atoms with van der Waals surface area (Å²) in [4.78, 5) is 42.4. The van der Waals surface area contributed by atoms with E-state index in [0.717, 1.165) is 27.6 Å². The number of hydrogen-bond donors (Lipinski definition) is 2. The van der Waals surface area contributed by atoms with Crippen LogP contribution in [0.4, 0.5) is 4.79 Å². The molecular formula is C29H36BrN7O4. The fourth-order valence-corrected chi connectivity index (χ4v) is 5.61. The van der Waals surface area contributed by atoms with Gasteiger partial charge in [0.15, 0.2) is 6.33 Å². The lowest BCUT2D eigenvalue weighted by Gasteiger charge is -2.28. The minimum atomic E-state index is -0.836. The van der Waals surface area contributed by atoms with Crippen molar-refractivity contribution in [2.24, 2.45) is 5.92 Å². The Balaban J connectivity index is 1.42. The lowest BCUT2D eigenvalue weighted by molar-refractivity contribution is -0.131. The van der Waals surface area contributed by atoms with Crippen LogP contribution in [0.2, 0.25) is 0 Å². The zero-order chi connectivity index (χ0) is 29.7. The van der Waals surface area contributed by atoms with Crippen LogP contribution in [0, 0.1) is 12.8 Å². The molecule has 1 aliphatic heterocycles. The maximum atomic E-state index is 13.4. The minimum absolute atomic E-state index is 0.0772. The molecule has 4 rings (SSSR count). The zero-order valence-corrected chi connectivity index (χ0v) is 25.5. The molecule has 3 amide bonds. The van der Waals surface area contributed by atoms with Crippen LogP contribution in [0.15, 0.2) is 53.3 Å². The molecule has 0 radical (unpaired) electrons. The van der Waals surface area contributed by atoms with Crippen LogP contribution in [0.1, 0.15) is 50.8 Å². The second kappa shape index (κ2) is 12.8. The molecule has 1 aromatic heterocycles. The van der Waals surface area contributed by atoms with Gasteiger partial charge in [-0.15, -0.1) is 15.0 Å². The van der Waals surface area contributed by atoms with E-state index in [0.29, 0.717) is 18.7 Å². The largest absolute Gasteiger partial charge is 0.444 e. The first-order valence-electron chi connectivity index (χ1n) is 13.6. The van der Waals surface area contributed by atoms with Gasteiger partial charge < -0.3 is 15.4 Å². The molecule has 12 heteroatoms. The molecule has 0 aliphatic carbocycles. The van der Waals surface area contributed by atoms with Crippen molar-refractivity contribution >= 4 is 33.8 Å². The molecule has 41 heavy (non-hydrogen) atoms. The first-order chi connectivity index (χ1) is 19.4. The summed E-state index contributed by atoms with van der Waals surface area (Å²) in [6.07, 6.45) is 2.01. The number of halogens is 1. The first kappa shape index (κ1) is 30.2. The summed E-state index contributed by atoms with van der Waals surface area (Å²) < 4.78 is 6.45. The van der Waals surface area contributed by atoms with E-state index in [2.05, 4.69) is 42.0 Å². The molecule has 0 spiro atoms. The van der Waals surface area contributed by atoms with Crippen molar-refractivity contribution in [1.29, 1.82) is 0 Å². The van der Waals surface area contributed by atoms with E-state index in [9.17, 15) is 14.4 Å². The molecular weight excluding hydrogens is 590 g/mol. The Hall–Kier alpha value is -3.80. The molecule has 3 atom stereocenters. The van der Waals surface area contributed by atoms with Gasteiger partial charge in [0.1, 0.15) is 17.7 Å². The van der Waals surface area contributed by atoms with E-state index in [1.54, 1.807) is 27.7 Å². The highest BCUT2D eigenvalue weighted by molar-refractivity contribution is 9.10. The average Bonchev–Trinajstić information content (AvgIpc) is 3.57. The van der Waals surface area contributed by atoms with Crippen LogP contribution in [-0.4, -0.2) is 67.2 Å². The lowest BCUT2D eigenvalue weighted by atomic mass is 9.96. The Morgan fingerprint density at radius 1 is 1.17 bits per heavy atom. The fraction of sp³-hybridized carbons (Fsp3) is 0.448. The predicted molar refractivity (Wildman–Crippen MR) is 156 cm³/mol. The van der Waals surface area contributed by atoms with Crippen LogP contribution in [0.5, 0.6) is 0 Å². The van der Waals surface area contributed by atoms with Crippen LogP contribution >= 0.6 is 15.9 Å². The van der Waals surface area contributed by atoms with E-state index in [4.69, 9.17) is 4.74 Å². The number of aromatic nitrogens is 4. The standard InChI is InChI=1S/C29H36BrN7O4/c1-18-11-23(30)14-22(25(18)37-33-17-32-35-37)15-31-26(38)19(2)34-27(39)24-13-21(12-20-9-7-6-8-10-20)16-36(24)28(40)41-29(3,4)5/h6-11,14,17,19,21,24H,12-13,15-16H2,1-5H3,(H,31,38)(H,34,39)/t19-,21?,24?/m0/s1. The number of tetrazole rings is 1. The summed E-state index contributed by atoms with van der Waals surface area (Å²) in [7, 11) is 0. The highest BCUT2D eigenvalue weighted by Crippen LogP contribution is 2.29. The second-order valence-corrected chi connectivity index (χ2v) is 12.3. The average molecular weight is 627 g/mol. The van der Waals surface area contributed by atoms with Crippen molar-refractivity contribution in [3.8, 4) is 5.69 Å². The summed E-state index contributed by atoms with van der Waals surface area (Å²) >= 11 is 3.50. The molecule has 1 fully saturated rings. The number of amides is 3. The van der Waals surface area contributed by atoms with Crippen LogP contribution in [0.25, 0.3) is 5.69 Å². The number of likely N-dealkylation sites (tertiary alicyclic amines) is 1. The van der Waals surface area contributed by atoms with E-state index in [1.165, 1.54) is 16.0 Å². The quantitative estimate of drug-likeness (QED) is 0.390. The summed E-state index contributed by atoms with van der Waals surface area (Å²) in [5, 5.41) is 17.6. The minimum Gasteiger partial charge on any atom is -0.444 e. The van der Waals surface area contributed by atoms with Gasteiger partial charge in [-0.2, -0.15) is 0 Å². The number of nitrogens with one attached hydrogen (secondary N) is 2. The summed E-state index contributed by atoms with van der Waals surface area (Å²) in [5.74, 6) is -0.676. The topological polar surface area (TPSA) is 131 Å². The molecule has 11 nitrogen and oxygen atoms in total. The molecule has 2 unspecified atom stereocenters. The van der Waals surface area contributed by atoms with Crippen LogP contribution in [-0.2, 0) is 27.3 Å². The Bertz CT molecular complexity index is 1380. The van der Waals surface area contributed by atoms with Gasteiger partial charge in [0.05, 0.1) is 5.69 Å². The van der Waals surface area contributed by atoms with E-state index < -0.39 is 23.8 Å². The molecule has 3 aromatic rings. The lowest BCUT2D eigenvalue weighted by Crippen LogP contribution is -2.52. The number of rotatable bonds is 8. The molecule has 2 N–H and O–H groups in total. The molecule has 0 saturated carbocycles. The normalized spacial score (nSPS) is 17.7. The number of nitrogens with zero attached hydrogens (tertiary/aromatic N) is 5. The first-order valence-corrected chi connectivity index (χ1v) is 14.3. The SMILES string of the molecule is Cc1cc(Br)cc(CNC(=O)[C@H](C)NC(=O)C2CC(Cc3ccccc3)CN2C(=O)OC(C)(C)C)c1-n1ncnn1. The molecule has 0 bridgehead atoms. The van der Waals surface area contributed by atoms with Crippen molar-refractivity contribution in [3.05, 3.63) is 70.0 Å². The van der Waals surface area contributed by atoms with Gasteiger partial charge in [0, 0.05) is 23.1 Å². The highest BCUT2D eigenvalue weighted by atomic mass is 79.9. The predicted octanol–water partition coefficient (Wildman–Crippen LogP) is 3.72. The Labute approximate surface area is 248 Å². The second-order valence-electron chi connectivity index (χ2n) is 11.3. The van der Waals surface area contributed by atoms with Crippen LogP contribution in [0.3, 0.4) is 0 Å². The van der Waals surface area contributed by atoms with Crippen molar-refractivity contribution in [1.82, 2.24) is 35.7 Å². The van der Waals surface area contributed by atoms with Gasteiger partial charge in [-0.3, -0.25) is 14.5 Å². The van der Waals surface area contributed by atoms with E-state index in [-0.39, 0.29) is 24.3 Å². The van der Waals surface area contributed by atoms with Gasteiger partial charge in [-0.1, -0.05) is 46.3 Å².